The molecule has 1 rings (SSSR count). The van der Waals surface area contributed by atoms with E-state index in [9.17, 15) is 9.50 Å². The second kappa shape index (κ2) is 8.02. The molecule has 1 atom stereocenters. The zero-order valence-corrected chi connectivity index (χ0v) is 15.5. The molecule has 0 radical (unpaired) electrons. The third-order valence-corrected chi connectivity index (χ3v) is 8.71. The van der Waals surface area contributed by atoms with Crippen molar-refractivity contribution < 1.29 is 18.7 Å². The van der Waals surface area contributed by atoms with Crippen LogP contribution >= 0.6 is 0 Å². The molecule has 1 aromatic rings. The van der Waals surface area contributed by atoms with Crippen molar-refractivity contribution in [2.24, 2.45) is 0 Å². The fourth-order valence-corrected chi connectivity index (χ4v) is 2.72. The van der Waals surface area contributed by atoms with Crippen molar-refractivity contribution in [2.75, 3.05) is 13.2 Å². The Labute approximate surface area is 139 Å². The van der Waals surface area contributed by atoms with E-state index >= 15 is 0 Å². The van der Waals surface area contributed by atoms with Crippen LogP contribution in [-0.2, 0) is 15.8 Å². The van der Waals surface area contributed by atoms with Crippen molar-refractivity contribution in [1.82, 2.24) is 0 Å². The SMILES string of the molecule is CC(C)(C)[Si](C)(C)OCC(CO)OCc1cc(F)cc(C#N)c1. The summed E-state index contributed by atoms with van der Waals surface area (Å²) in [7, 11) is -1.91. The molecule has 0 bridgehead atoms. The quantitative estimate of drug-likeness (QED) is 0.771. The number of ether oxygens (including phenoxy) is 1. The van der Waals surface area contributed by atoms with Crippen LogP contribution in [-0.4, -0.2) is 32.7 Å². The highest BCUT2D eigenvalue weighted by molar-refractivity contribution is 6.74. The average Bonchev–Trinajstić information content (AvgIpc) is 2.45. The standard InChI is InChI=1S/C17H26FNO3Si/c1-17(2,3)23(4,5)22-12-16(10-20)21-11-14-6-13(9-19)7-15(18)8-14/h6-8,16,20H,10-12H2,1-5H3. The summed E-state index contributed by atoms with van der Waals surface area (Å²) in [5.74, 6) is -0.472. The first kappa shape index (κ1) is 19.8. The molecule has 0 saturated carbocycles. The molecule has 23 heavy (non-hydrogen) atoms. The molecular formula is C17H26FNO3Si. The number of nitriles is 1. The molecular weight excluding hydrogens is 313 g/mol. The summed E-state index contributed by atoms with van der Waals surface area (Å²) in [6.07, 6.45) is -0.474. The maximum absolute atomic E-state index is 13.4. The Morgan fingerprint density at radius 3 is 2.48 bits per heavy atom. The molecule has 0 saturated heterocycles. The number of rotatable bonds is 7. The van der Waals surface area contributed by atoms with E-state index in [4.69, 9.17) is 14.4 Å². The molecule has 0 amide bonds. The van der Waals surface area contributed by atoms with Crippen LogP contribution in [0.4, 0.5) is 4.39 Å². The lowest BCUT2D eigenvalue weighted by Gasteiger charge is -2.37. The summed E-state index contributed by atoms with van der Waals surface area (Å²) in [4.78, 5) is 0. The van der Waals surface area contributed by atoms with E-state index < -0.39 is 20.2 Å². The molecule has 6 heteroatoms. The van der Waals surface area contributed by atoms with Gasteiger partial charge in [-0.15, -0.1) is 0 Å². The maximum Gasteiger partial charge on any atom is 0.192 e. The average molecular weight is 339 g/mol. The number of aliphatic hydroxyl groups excluding tert-OH is 1. The van der Waals surface area contributed by atoms with Gasteiger partial charge < -0.3 is 14.3 Å². The van der Waals surface area contributed by atoms with Crippen LogP contribution in [0.3, 0.4) is 0 Å². The molecule has 0 aliphatic heterocycles. The fraction of sp³-hybridized carbons (Fsp3) is 0.588. The lowest BCUT2D eigenvalue weighted by molar-refractivity contribution is -0.0255. The lowest BCUT2D eigenvalue weighted by atomic mass is 10.1. The van der Waals surface area contributed by atoms with Crippen molar-refractivity contribution >= 4 is 8.32 Å². The summed E-state index contributed by atoms with van der Waals surface area (Å²) < 4.78 is 25.0. The monoisotopic (exact) mass is 339 g/mol. The van der Waals surface area contributed by atoms with Crippen LogP contribution in [0, 0.1) is 17.1 Å². The van der Waals surface area contributed by atoms with E-state index in [1.165, 1.54) is 12.1 Å². The Morgan fingerprint density at radius 1 is 1.30 bits per heavy atom. The van der Waals surface area contributed by atoms with Crippen LogP contribution in [0.25, 0.3) is 0 Å². The minimum atomic E-state index is -1.91. The Balaban J connectivity index is 2.61. The minimum absolute atomic E-state index is 0.0806. The molecule has 0 heterocycles. The van der Waals surface area contributed by atoms with Gasteiger partial charge in [0.25, 0.3) is 0 Å². The van der Waals surface area contributed by atoms with Crippen molar-refractivity contribution in [1.29, 1.82) is 5.26 Å². The highest BCUT2D eigenvalue weighted by Gasteiger charge is 2.37. The van der Waals surface area contributed by atoms with E-state index in [1.54, 1.807) is 6.07 Å². The van der Waals surface area contributed by atoms with Crippen molar-refractivity contribution in [2.45, 2.75) is 51.6 Å². The van der Waals surface area contributed by atoms with Crippen LogP contribution in [0.15, 0.2) is 18.2 Å². The second-order valence-electron chi connectivity index (χ2n) is 7.15. The van der Waals surface area contributed by atoms with Gasteiger partial charge in [-0.25, -0.2) is 4.39 Å². The molecule has 1 aromatic carbocycles. The van der Waals surface area contributed by atoms with Gasteiger partial charge in [-0.3, -0.25) is 0 Å². The largest absolute Gasteiger partial charge is 0.414 e. The van der Waals surface area contributed by atoms with Gasteiger partial charge >= 0.3 is 0 Å². The first-order valence-electron chi connectivity index (χ1n) is 7.65. The summed E-state index contributed by atoms with van der Waals surface area (Å²) >= 11 is 0. The van der Waals surface area contributed by atoms with Gasteiger partial charge in [-0.2, -0.15) is 5.26 Å². The Hall–Kier alpha value is -1.26. The first-order chi connectivity index (χ1) is 10.6. The number of aliphatic hydroxyl groups is 1. The van der Waals surface area contributed by atoms with Gasteiger partial charge in [0.05, 0.1) is 31.5 Å². The zero-order chi connectivity index (χ0) is 17.7. The second-order valence-corrected chi connectivity index (χ2v) is 12.0. The molecule has 0 aromatic heterocycles. The van der Waals surface area contributed by atoms with E-state index in [0.717, 1.165) is 0 Å². The van der Waals surface area contributed by atoms with Crippen LogP contribution < -0.4 is 0 Å². The molecule has 128 valence electrons. The van der Waals surface area contributed by atoms with E-state index in [1.807, 2.05) is 6.07 Å². The number of benzene rings is 1. The Bertz CT molecular complexity index is 564. The van der Waals surface area contributed by atoms with Crippen molar-refractivity contribution in [3.05, 3.63) is 35.1 Å². The lowest BCUT2D eigenvalue weighted by Crippen LogP contribution is -2.43. The van der Waals surface area contributed by atoms with Crippen LogP contribution in [0.5, 0.6) is 0 Å². The van der Waals surface area contributed by atoms with Crippen molar-refractivity contribution in [3.63, 3.8) is 0 Å². The zero-order valence-electron chi connectivity index (χ0n) is 14.5. The number of nitrogens with zero attached hydrogens (tertiary/aromatic N) is 1. The van der Waals surface area contributed by atoms with Crippen LogP contribution in [0.1, 0.15) is 31.9 Å². The minimum Gasteiger partial charge on any atom is -0.414 e. The molecule has 1 unspecified atom stereocenters. The van der Waals surface area contributed by atoms with E-state index in [0.29, 0.717) is 12.2 Å². The highest BCUT2D eigenvalue weighted by Crippen LogP contribution is 2.36. The molecule has 1 N–H and O–H groups in total. The third kappa shape index (κ3) is 6.03. The van der Waals surface area contributed by atoms with Gasteiger partial charge in [-0.05, 0) is 41.9 Å². The third-order valence-electron chi connectivity index (χ3n) is 4.21. The molecule has 0 aliphatic rings. The normalized spacial score (nSPS) is 13.7. The van der Waals surface area contributed by atoms with Gasteiger partial charge in [-0.1, -0.05) is 20.8 Å². The number of halogens is 1. The topological polar surface area (TPSA) is 62.5 Å². The van der Waals surface area contributed by atoms with Gasteiger partial charge in [0.15, 0.2) is 8.32 Å². The van der Waals surface area contributed by atoms with Crippen molar-refractivity contribution in [3.8, 4) is 6.07 Å². The smallest absolute Gasteiger partial charge is 0.192 e. The number of hydrogen-bond acceptors (Lipinski definition) is 4. The predicted molar refractivity (Wildman–Crippen MR) is 89.9 cm³/mol. The van der Waals surface area contributed by atoms with Gasteiger partial charge in [0.2, 0.25) is 0 Å². The van der Waals surface area contributed by atoms with Gasteiger partial charge in [0.1, 0.15) is 11.9 Å². The van der Waals surface area contributed by atoms with E-state index in [2.05, 4.69) is 33.9 Å². The number of hydrogen-bond donors (Lipinski definition) is 1. The maximum atomic E-state index is 13.4. The Kier molecular flexibility index (Phi) is 6.90. The summed E-state index contributed by atoms with van der Waals surface area (Å²) in [5.41, 5.74) is 0.814. The molecule has 0 fully saturated rings. The summed E-state index contributed by atoms with van der Waals surface area (Å²) in [5, 5.41) is 18.4. The molecule has 4 nitrogen and oxygen atoms in total. The predicted octanol–water partition coefficient (Wildman–Crippen LogP) is 3.60. The van der Waals surface area contributed by atoms with E-state index in [-0.39, 0.29) is 23.8 Å². The van der Waals surface area contributed by atoms with Gasteiger partial charge in [0, 0.05) is 0 Å². The fourth-order valence-electron chi connectivity index (χ4n) is 1.68. The summed E-state index contributed by atoms with van der Waals surface area (Å²) in [6.45, 7) is 10.9. The molecule has 0 aliphatic carbocycles. The van der Waals surface area contributed by atoms with Crippen LogP contribution in [0.2, 0.25) is 18.1 Å². The highest BCUT2D eigenvalue weighted by atomic mass is 28.4. The first-order valence-corrected chi connectivity index (χ1v) is 10.6. The Morgan fingerprint density at radius 2 is 1.96 bits per heavy atom. The molecule has 0 spiro atoms. The summed E-state index contributed by atoms with van der Waals surface area (Å²) in [6, 6.07) is 5.98.